The molecule has 0 aromatic heterocycles. The molecule has 1 fully saturated rings. The standard InChI is InChI=1S/C14H20FNO2S/c1-19(17,18)13-4-2-3-11(9-13)14(16)10-5-7-12(15)8-6-10/h5-8,11,13-14H,2-4,9,16H2,1H3. The normalized spacial score (nSPS) is 26.1. The van der Waals surface area contributed by atoms with Gasteiger partial charge in [-0.15, -0.1) is 0 Å². The molecule has 0 bridgehead atoms. The van der Waals surface area contributed by atoms with E-state index in [4.69, 9.17) is 5.73 Å². The predicted molar refractivity (Wildman–Crippen MR) is 73.9 cm³/mol. The van der Waals surface area contributed by atoms with Crippen LogP contribution in [-0.2, 0) is 9.84 Å². The molecule has 0 heterocycles. The molecule has 1 aromatic rings. The van der Waals surface area contributed by atoms with Crippen molar-refractivity contribution >= 4 is 9.84 Å². The molecule has 2 N–H and O–H groups in total. The van der Waals surface area contributed by atoms with Gasteiger partial charge in [-0.1, -0.05) is 18.6 Å². The fraction of sp³-hybridized carbons (Fsp3) is 0.571. The quantitative estimate of drug-likeness (QED) is 0.928. The zero-order valence-corrected chi connectivity index (χ0v) is 11.9. The highest BCUT2D eigenvalue weighted by Gasteiger charge is 2.32. The SMILES string of the molecule is CS(=O)(=O)C1CCCC(C(N)c2ccc(F)cc2)C1. The maximum atomic E-state index is 12.9. The number of halogens is 1. The summed E-state index contributed by atoms with van der Waals surface area (Å²) in [7, 11) is -3.00. The van der Waals surface area contributed by atoms with E-state index in [9.17, 15) is 12.8 Å². The number of hydrogen-bond acceptors (Lipinski definition) is 3. The van der Waals surface area contributed by atoms with E-state index in [2.05, 4.69) is 0 Å². The van der Waals surface area contributed by atoms with Crippen LogP contribution in [0.4, 0.5) is 4.39 Å². The van der Waals surface area contributed by atoms with Gasteiger partial charge in [0.25, 0.3) is 0 Å². The molecule has 0 radical (unpaired) electrons. The Kier molecular flexibility index (Phi) is 4.26. The Hall–Kier alpha value is -0.940. The molecule has 0 aliphatic heterocycles. The maximum Gasteiger partial charge on any atom is 0.150 e. The molecule has 2 rings (SSSR count). The van der Waals surface area contributed by atoms with Gasteiger partial charge in [-0.3, -0.25) is 0 Å². The summed E-state index contributed by atoms with van der Waals surface area (Å²) in [6.07, 6.45) is 4.45. The van der Waals surface area contributed by atoms with Crippen molar-refractivity contribution < 1.29 is 12.8 Å². The van der Waals surface area contributed by atoms with Crippen LogP contribution < -0.4 is 5.73 Å². The van der Waals surface area contributed by atoms with Crippen molar-refractivity contribution in [3.63, 3.8) is 0 Å². The smallest absolute Gasteiger partial charge is 0.150 e. The van der Waals surface area contributed by atoms with Crippen molar-refractivity contribution in [3.8, 4) is 0 Å². The maximum absolute atomic E-state index is 12.9. The van der Waals surface area contributed by atoms with Gasteiger partial charge in [0.2, 0.25) is 0 Å². The fourth-order valence-electron chi connectivity index (χ4n) is 2.85. The van der Waals surface area contributed by atoms with E-state index in [0.29, 0.717) is 6.42 Å². The van der Waals surface area contributed by atoms with Gasteiger partial charge in [0.15, 0.2) is 0 Å². The molecule has 1 saturated carbocycles. The third-order valence-electron chi connectivity index (χ3n) is 4.03. The summed E-state index contributed by atoms with van der Waals surface area (Å²) in [6.45, 7) is 0. The van der Waals surface area contributed by atoms with Gasteiger partial charge < -0.3 is 5.73 Å². The van der Waals surface area contributed by atoms with Gasteiger partial charge >= 0.3 is 0 Å². The molecule has 3 nitrogen and oxygen atoms in total. The Bertz CT molecular complexity index is 527. The molecule has 3 unspecified atom stereocenters. The molecule has 0 saturated heterocycles. The number of rotatable bonds is 3. The summed E-state index contributed by atoms with van der Waals surface area (Å²) in [6, 6.07) is 5.94. The van der Waals surface area contributed by atoms with Crippen LogP contribution in [0.3, 0.4) is 0 Å². The zero-order valence-electron chi connectivity index (χ0n) is 11.0. The first-order valence-electron chi connectivity index (χ1n) is 6.58. The molecule has 1 aromatic carbocycles. The predicted octanol–water partition coefficient (Wildman–Crippen LogP) is 2.43. The first-order chi connectivity index (χ1) is 8.88. The van der Waals surface area contributed by atoms with Crippen LogP contribution in [0, 0.1) is 11.7 Å². The Morgan fingerprint density at radius 1 is 1.26 bits per heavy atom. The van der Waals surface area contributed by atoms with Crippen LogP contribution >= 0.6 is 0 Å². The minimum atomic E-state index is -3.00. The summed E-state index contributed by atoms with van der Waals surface area (Å²) < 4.78 is 36.2. The molecule has 5 heteroatoms. The Morgan fingerprint density at radius 2 is 1.89 bits per heavy atom. The van der Waals surface area contributed by atoms with Crippen LogP contribution in [-0.4, -0.2) is 19.9 Å². The first-order valence-corrected chi connectivity index (χ1v) is 8.53. The van der Waals surface area contributed by atoms with Gasteiger partial charge in [-0.05, 0) is 42.9 Å². The Labute approximate surface area is 113 Å². The third kappa shape index (κ3) is 3.54. The van der Waals surface area contributed by atoms with Gasteiger partial charge in [-0.25, -0.2) is 12.8 Å². The average Bonchev–Trinajstić information content (AvgIpc) is 2.38. The molecular formula is C14H20FNO2S. The minimum Gasteiger partial charge on any atom is -0.324 e. The van der Waals surface area contributed by atoms with Gasteiger partial charge in [0, 0.05) is 12.3 Å². The minimum absolute atomic E-state index is 0.152. The van der Waals surface area contributed by atoms with Crippen molar-refractivity contribution in [1.82, 2.24) is 0 Å². The fourth-order valence-corrected chi connectivity index (χ4v) is 4.04. The number of sulfone groups is 1. The first kappa shape index (κ1) is 14.5. The summed E-state index contributed by atoms with van der Waals surface area (Å²) >= 11 is 0. The lowest BCUT2D eigenvalue weighted by Crippen LogP contribution is -2.32. The summed E-state index contributed by atoms with van der Waals surface area (Å²) in [4.78, 5) is 0. The van der Waals surface area contributed by atoms with Crippen molar-refractivity contribution in [2.75, 3.05) is 6.26 Å². The second-order valence-electron chi connectivity index (χ2n) is 5.46. The van der Waals surface area contributed by atoms with Crippen LogP contribution in [0.2, 0.25) is 0 Å². The number of nitrogens with two attached hydrogens (primary N) is 1. The molecule has 106 valence electrons. The highest BCUT2D eigenvalue weighted by Crippen LogP contribution is 2.35. The second-order valence-corrected chi connectivity index (χ2v) is 7.78. The van der Waals surface area contributed by atoms with Gasteiger partial charge in [0.05, 0.1) is 5.25 Å². The summed E-state index contributed by atoms with van der Waals surface area (Å²) in [5.74, 6) is -0.132. The average molecular weight is 285 g/mol. The molecule has 19 heavy (non-hydrogen) atoms. The highest BCUT2D eigenvalue weighted by atomic mass is 32.2. The van der Waals surface area contributed by atoms with Crippen LogP contribution in [0.1, 0.15) is 37.3 Å². The van der Waals surface area contributed by atoms with Gasteiger partial charge in [-0.2, -0.15) is 0 Å². The molecular weight excluding hydrogens is 265 g/mol. The topological polar surface area (TPSA) is 60.2 Å². The van der Waals surface area contributed by atoms with Crippen molar-refractivity contribution in [2.24, 2.45) is 11.7 Å². The van der Waals surface area contributed by atoms with Crippen LogP contribution in [0.5, 0.6) is 0 Å². The largest absolute Gasteiger partial charge is 0.324 e. The van der Waals surface area contributed by atoms with Crippen molar-refractivity contribution in [1.29, 1.82) is 0 Å². The van der Waals surface area contributed by atoms with Crippen molar-refractivity contribution in [2.45, 2.75) is 37.0 Å². The van der Waals surface area contributed by atoms with E-state index in [1.807, 2.05) is 0 Å². The lowest BCUT2D eigenvalue weighted by atomic mass is 9.81. The lowest BCUT2D eigenvalue weighted by molar-refractivity contribution is 0.309. The lowest BCUT2D eigenvalue weighted by Gasteiger charge is -2.32. The Morgan fingerprint density at radius 3 is 2.47 bits per heavy atom. The Balaban J connectivity index is 2.11. The zero-order chi connectivity index (χ0) is 14.0. The van der Waals surface area contributed by atoms with E-state index in [0.717, 1.165) is 24.8 Å². The summed E-state index contributed by atoms with van der Waals surface area (Å²) in [5, 5.41) is -0.280. The molecule has 1 aliphatic rings. The molecule has 3 atom stereocenters. The molecule has 0 spiro atoms. The van der Waals surface area contributed by atoms with Gasteiger partial charge in [0.1, 0.15) is 15.7 Å². The van der Waals surface area contributed by atoms with E-state index < -0.39 is 9.84 Å². The third-order valence-corrected chi connectivity index (χ3v) is 5.67. The van der Waals surface area contributed by atoms with Crippen molar-refractivity contribution in [3.05, 3.63) is 35.6 Å². The van der Waals surface area contributed by atoms with Crippen LogP contribution in [0.25, 0.3) is 0 Å². The molecule has 1 aliphatic carbocycles. The van der Waals surface area contributed by atoms with E-state index in [1.54, 1.807) is 12.1 Å². The van der Waals surface area contributed by atoms with E-state index in [1.165, 1.54) is 18.4 Å². The number of hydrogen-bond donors (Lipinski definition) is 1. The highest BCUT2D eigenvalue weighted by molar-refractivity contribution is 7.91. The second kappa shape index (κ2) is 5.59. The summed E-state index contributed by atoms with van der Waals surface area (Å²) in [5.41, 5.74) is 7.08. The van der Waals surface area contributed by atoms with Crippen LogP contribution in [0.15, 0.2) is 24.3 Å². The van der Waals surface area contributed by atoms with E-state index in [-0.39, 0.29) is 23.0 Å². The van der Waals surface area contributed by atoms with E-state index >= 15 is 0 Å². The number of benzene rings is 1. The molecule has 0 amide bonds. The monoisotopic (exact) mass is 285 g/mol.